The molecule has 1 fully saturated rings. The van der Waals surface area contributed by atoms with Crippen LogP contribution in [0.3, 0.4) is 0 Å². The van der Waals surface area contributed by atoms with Crippen LogP contribution in [-0.4, -0.2) is 40.4 Å². The third kappa shape index (κ3) is 1.46. The number of nitrogens with zero attached hydrogens (tertiary/aromatic N) is 2. The molecule has 0 aromatic rings. The second-order valence-corrected chi connectivity index (χ2v) is 2.44. The molecule has 0 spiro atoms. The number of amidine groups is 1. The lowest BCUT2D eigenvalue weighted by molar-refractivity contribution is 0.0596. The van der Waals surface area contributed by atoms with Crippen LogP contribution in [-0.2, 0) is 0 Å². The predicted molar refractivity (Wildman–Crippen MR) is 38.8 cm³/mol. The number of rotatable bonds is 1. The predicted octanol–water partition coefficient (Wildman–Crippen LogP) is -0.876. The van der Waals surface area contributed by atoms with Crippen LogP contribution in [0.2, 0.25) is 0 Å². The molecule has 0 radical (unpaired) electrons. The third-order valence-electron chi connectivity index (χ3n) is 1.70. The third-order valence-corrected chi connectivity index (χ3v) is 1.70. The minimum atomic E-state index is -0.551. The highest BCUT2D eigenvalue weighted by molar-refractivity contribution is 5.99. The molecule has 1 saturated heterocycles. The maximum absolute atomic E-state index is 11.0. The zero-order chi connectivity index (χ0) is 9.14. The van der Waals surface area contributed by atoms with Crippen molar-refractivity contribution in [3.8, 4) is 0 Å². The molecule has 68 valence electrons. The van der Waals surface area contributed by atoms with Gasteiger partial charge in [-0.05, 0) is 0 Å². The molecule has 1 heterocycles. The Labute approximate surface area is 68.6 Å². The molecular formula is C5H10N4O3. The number of carbonyl (C=O) groups is 1. The molecule has 4 N–H and O–H groups in total. The first-order chi connectivity index (χ1) is 5.69. The van der Waals surface area contributed by atoms with Crippen molar-refractivity contribution in [1.82, 2.24) is 15.7 Å². The molecule has 1 unspecified atom stereocenters. The molecule has 7 heteroatoms. The molecule has 1 rings (SSSR count). The summed E-state index contributed by atoms with van der Waals surface area (Å²) in [7, 11) is 1.51. The molecule has 1 aliphatic heterocycles. The summed E-state index contributed by atoms with van der Waals surface area (Å²) in [6.07, 6.45) is -0.320. The largest absolute Gasteiger partial charge is 0.409 e. The smallest absolute Gasteiger partial charge is 0.323 e. The van der Waals surface area contributed by atoms with Crippen molar-refractivity contribution in [2.45, 2.75) is 12.6 Å². The molecule has 0 saturated carbocycles. The average molecular weight is 174 g/mol. The topological polar surface area (TPSA) is 97.2 Å². The van der Waals surface area contributed by atoms with E-state index >= 15 is 0 Å². The Hall–Kier alpha value is -1.34. The van der Waals surface area contributed by atoms with Gasteiger partial charge in [0.1, 0.15) is 6.17 Å². The molecule has 0 aliphatic carbocycles. The van der Waals surface area contributed by atoms with E-state index in [9.17, 15) is 4.79 Å². The van der Waals surface area contributed by atoms with E-state index in [0.717, 1.165) is 0 Å². The highest BCUT2D eigenvalue weighted by Crippen LogP contribution is 2.04. The van der Waals surface area contributed by atoms with Gasteiger partial charge in [-0.2, -0.15) is 5.48 Å². The molecule has 12 heavy (non-hydrogen) atoms. The summed E-state index contributed by atoms with van der Waals surface area (Å²) in [5.41, 5.74) is 1.92. The SMILES string of the molecule is CN1C(=O)N/C(=N/O)CC1NO. The van der Waals surface area contributed by atoms with Gasteiger partial charge in [-0.25, -0.2) is 4.79 Å². The van der Waals surface area contributed by atoms with E-state index in [2.05, 4.69) is 10.5 Å². The van der Waals surface area contributed by atoms with Gasteiger partial charge >= 0.3 is 6.03 Å². The lowest BCUT2D eigenvalue weighted by atomic mass is 10.2. The van der Waals surface area contributed by atoms with Gasteiger partial charge in [0.05, 0.1) is 0 Å². The fourth-order valence-electron chi connectivity index (χ4n) is 0.922. The molecule has 2 amide bonds. The van der Waals surface area contributed by atoms with Crippen molar-refractivity contribution >= 4 is 11.9 Å². The van der Waals surface area contributed by atoms with Crippen molar-refractivity contribution in [2.75, 3.05) is 7.05 Å². The quantitative estimate of drug-likeness (QED) is 0.306. The van der Waals surface area contributed by atoms with Crippen molar-refractivity contribution in [1.29, 1.82) is 0 Å². The number of carbonyl (C=O) groups excluding carboxylic acids is 1. The molecule has 0 aromatic heterocycles. The monoisotopic (exact) mass is 174 g/mol. The summed E-state index contributed by atoms with van der Waals surface area (Å²) in [4.78, 5) is 12.3. The van der Waals surface area contributed by atoms with Crippen LogP contribution in [0.5, 0.6) is 0 Å². The minimum absolute atomic E-state index is 0.129. The summed E-state index contributed by atoms with van der Waals surface area (Å²) in [5, 5.41) is 22.1. The average Bonchev–Trinajstić information content (AvgIpc) is 2.09. The molecule has 0 aromatic carbocycles. The Morgan fingerprint density at radius 1 is 1.83 bits per heavy atom. The zero-order valence-corrected chi connectivity index (χ0v) is 6.48. The first kappa shape index (κ1) is 8.75. The molecule has 1 aliphatic rings. The van der Waals surface area contributed by atoms with Crippen LogP contribution >= 0.6 is 0 Å². The minimum Gasteiger partial charge on any atom is -0.409 e. The number of hydroxylamine groups is 1. The van der Waals surface area contributed by atoms with E-state index in [-0.39, 0.29) is 12.3 Å². The first-order valence-electron chi connectivity index (χ1n) is 3.33. The van der Waals surface area contributed by atoms with Crippen LogP contribution in [0.4, 0.5) is 4.79 Å². The lowest BCUT2D eigenvalue weighted by Crippen LogP contribution is -2.57. The molecule has 0 bridgehead atoms. The van der Waals surface area contributed by atoms with Crippen LogP contribution in [0.15, 0.2) is 5.16 Å². The van der Waals surface area contributed by atoms with Gasteiger partial charge in [0.25, 0.3) is 0 Å². The number of oxime groups is 1. The van der Waals surface area contributed by atoms with E-state index < -0.39 is 12.2 Å². The Bertz CT molecular complexity index is 217. The summed E-state index contributed by atoms with van der Waals surface area (Å²) < 4.78 is 0. The van der Waals surface area contributed by atoms with Crippen LogP contribution in [0.1, 0.15) is 6.42 Å². The summed E-state index contributed by atoms with van der Waals surface area (Å²) in [5.74, 6) is 0.129. The number of hydrogen-bond acceptors (Lipinski definition) is 5. The van der Waals surface area contributed by atoms with Crippen LogP contribution < -0.4 is 10.8 Å². The van der Waals surface area contributed by atoms with Gasteiger partial charge in [0.15, 0.2) is 5.84 Å². The molecule has 7 nitrogen and oxygen atoms in total. The van der Waals surface area contributed by atoms with Crippen molar-refractivity contribution < 1.29 is 15.2 Å². The summed E-state index contributed by atoms with van der Waals surface area (Å²) >= 11 is 0. The Morgan fingerprint density at radius 2 is 2.50 bits per heavy atom. The molecule has 1 atom stereocenters. The maximum atomic E-state index is 11.0. The van der Waals surface area contributed by atoms with E-state index in [4.69, 9.17) is 10.4 Å². The highest BCUT2D eigenvalue weighted by atomic mass is 16.5. The Morgan fingerprint density at radius 3 is 3.00 bits per heavy atom. The Balaban J connectivity index is 2.71. The van der Waals surface area contributed by atoms with E-state index in [1.54, 1.807) is 0 Å². The second-order valence-electron chi connectivity index (χ2n) is 2.44. The number of nitrogens with one attached hydrogen (secondary N) is 2. The zero-order valence-electron chi connectivity index (χ0n) is 6.48. The van der Waals surface area contributed by atoms with E-state index in [1.165, 1.54) is 11.9 Å². The van der Waals surface area contributed by atoms with Crippen molar-refractivity contribution in [2.24, 2.45) is 5.16 Å². The first-order valence-corrected chi connectivity index (χ1v) is 3.33. The highest BCUT2D eigenvalue weighted by Gasteiger charge is 2.27. The van der Waals surface area contributed by atoms with Crippen LogP contribution in [0, 0.1) is 0 Å². The van der Waals surface area contributed by atoms with Crippen molar-refractivity contribution in [3.05, 3.63) is 0 Å². The van der Waals surface area contributed by atoms with Crippen molar-refractivity contribution in [3.63, 3.8) is 0 Å². The van der Waals surface area contributed by atoms with Gasteiger partial charge in [-0.1, -0.05) is 5.16 Å². The standard InChI is InChI=1S/C5H10N4O3/c1-9-4(8-12)2-3(7-11)6-5(9)10/h4,8,11-12H,2H2,1H3,(H,6,7,10). The summed E-state index contributed by atoms with van der Waals surface area (Å²) in [6, 6.07) is -0.430. The Kier molecular flexibility index (Phi) is 2.46. The fraction of sp³-hybridized carbons (Fsp3) is 0.600. The van der Waals surface area contributed by atoms with E-state index in [1.807, 2.05) is 5.48 Å². The van der Waals surface area contributed by atoms with Gasteiger partial charge in [0, 0.05) is 13.5 Å². The van der Waals surface area contributed by atoms with E-state index in [0.29, 0.717) is 0 Å². The van der Waals surface area contributed by atoms with Gasteiger partial charge in [-0.15, -0.1) is 0 Å². The number of hydrogen-bond donors (Lipinski definition) is 4. The lowest BCUT2D eigenvalue weighted by Gasteiger charge is -2.31. The van der Waals surface area contributed by atoms with Gasteiger partial charge in [-0.3, -0.25) is 5.32 Å². The van der Waals surface area contributed by atoms with Crippen LogP contribution in [0.25, 0.3) is 0 Å². The normalized spacial score (nSPS) is 27.5. The van der Waals surface area contributed by atoms with Gasteiger partial charge < -0.3 is 15.3 Å². The number of urea groups is 1. The molecular weight excluding hydrogens is 164 g/mol. The number of amides is 2. The maximum Gasteiger partial charge on any atom is 0.323 e. The fourth-order valence-corrected chi connectivity index (χ4v) is 0.922. The second kappa shape index (κ2) is 3.37. The van der Waals surface area contributed by atoms with Gasteiger partial charge in [0.2, 0.25) is 0 Å². The summed E-state index contributed by atoms with van der Waals surface area (Å²) in [6.45, 7) is 0.